The van der Waals surface area contributed by atoms with Gasteiger partial charge in [0.05, 0.1) is 0 Å². The van der Waals surface area contributed by atoms with E-state index >= 15 is 0 Å². The van der Waals surface area contributed by atoms with Crippen molar-refractivity contribution in [2.75, 3.05) is 0 Å². The zero-order chi connectivity index (χ0) is 19.5. The summed E-state index contributed by atoms with van der Waals surface area (Å²) in [5.74, 6) is 0.707. The molecule has 2 aromatic rings. The monoisotopic (exact) mass is 357 g/mol. The van der Waals surface area contributed by atoms with Gasteiger partial charge in [-0.05, 0) is 57.6 Å². The molecule has 3 rings (SSSR count). The summed E-state index contributed by atoms with van der Waals surface area (Å²) < 4.78 is 4.07. The van der Waals surface area contributed by atoms with Crippen LogP contribution in [0.5, 0.6) is 0 Å². The van der Waals surface area contributed by atoms with Crippen LogP contribution in [0.25, 0.3) is 11.1 Å². The van der Waals surface area contributed by atoms with Crippen LogP contribution in [0.4, 0.5) is 0 Å². The molecule has 0 bridgehead atoms. The Morgan fingerprint density at radius 1 is 0.808 bits per heavy atom. The van der Waals surface area contributed by atoms with E-state index in [1.807, 2.05) is 23.2 Å². The lowest BCUT2D eigenvalue weighted by molar-refractivity contribution is -0.671. The third-order valence-corrected chi connectivity index (χ3v) is 5.13. The van der Waals surface area contributed by atoms with Crippen molar-refractivity contribution in [3.05, 3.63) is 49.1 Å². The van der Waals surface area contributed by atoms with Gasteiger partial charge in [-0.25, -0.2) is 9.13 Å². The molecule has 0 saturated carbocycles. The first-order chi connectivity index (χ1) is 12.0. The lowest BCUT2D eigenvalue weighted by Crippen LogP contribution is -2.58. The highest BCUT2D eigenvalue weighted by molar-refractivity contribution is 5.60. The van der Waals surface area contributed by atoms with Crippen LogP contribution in [0.2, 0.25) is 0 Å². The molecule has 1 N–H and O–H groups in total. The summed E-state index contributed by atoms with van der Waals surface area (Å²) in [6.45, 7) is 10.7. The number of hydrogen-bond donors (Lipinski definition) is 1. The quantitative estimate of drug-likeness (QED) is 0.790. The molecule has 1 aliphatic rings. The van der Waals surface area contributed by atoms with Crippen molar-refractivity contribution in [2.45, 2.75) is 58.5 Å². The van der Waals surface area contributed by atoms with Crippen LogP contribution in [0, 0.1) is 5.92 Å². The molecule has 26 heavy (non-hydrogen) atoms. The van der Waals surface area contributed by atoms with Crippen LogP contribution in [0.3, 0.4) is 0 Å². The number of piperidine rings is 1. The Balaban J connectivity index is 0.000000190. The molecule has 4 heteroatoms. The smallest absolute Gasteiger partial charge is 0.169 e. The van der Waals surface area contributed by atoms with Gasteiger partial charge < -0.3 is 5.21 Å². The predicted octanol–water partition coefficient (Wildman–Crippen LogP) is 3.67. The van der Waals surface area contributed by atoms with Gasteiger partial charge in [-0.2, -0.15) is 5.06 Å². The molecule has 1 fully saturated rings. The molecule has 142 valence electrons. The maximum absolute atomic E-state index is 9.92. The van der Waals surface area contributed by atoms with E-state index in [-0.39, 0.29) is 11.1 Å². The van der Waals surface area contributed by atoms with Gasteiger partial charge in [-0.3, -0.25) is 0 Å². The Labute approximate surface area is 158 Å². The third kappa shape index (κ3) is 5.12. The molecule has 1 saturated heterocycles. The van der Waals surface area contributed by atoms with E-state index in [4.69, 9.17) is 0 Å². The van der Waals surface area contributed by atoms with Crippen molar-refractivity contribution in [3.8, 4) is 11.1 Å². The average Bonchev–Trinajstić information content (AvgIpc) is 2.54. The Morgan fingerprint density at radius 2 is 1.12 bits per heavy atom. The molecule has 0 unspecified atom stereocenters. The molecule has 3 heterocycles. The lowest BCUT2D eigenvalue weighted by Gasteiger charge is -2.50. The van der Waals surface area contributed by atoms with Crippen molar-refractivity contribution in [1.82, 2.24) is 5.06 Å². The first kappa shape index (κ1) is 20.5. The number of pyridine rings is 2. The van der Waals surface area contributed by atoms with Crippen molar-refractivity contribution in [2.24, 2.45) is 20.0 Å². The topological polar surface area (TPSA) is 31.2 Å². The normalized spacial score (nSPS) is 19.5. The number of aromatic nitrogens is 2. The summed E-state index contributed by atoms with van der Waals surface area (Å²) in [7, 11) is 4.05. The van der Waals surface area contributed by atoms with Crippen molar-refractivity contribution in [1.29, 1.82) is 0 Å². The van der Waals surface area contributed by atoms with Crippen molar-refractivity contribution >= 4 is 0 Å². The highest BCUT2D eigenvalue weighted by Crippen LogP contribution is 2.39. The molecule has 0 aliphatic carbocycles. The van der Waals surface area contributed by atoms with Crippen molar-refractivity contribution < 1.29 is 14.3 Å². The van der Waals surface area contributed by atoms with E-state index in [9.17, 15) is 5.21 Å². The molecule has 0 radical (unpaired) electrons. The molecular weight excluding hydrogens is 322 g/mol. The standard InChI is InChI=1S/C12H14N2.C10H21NO/c1-13-7-3-11(4-8-13)12-5-9-14(2)10-6-12;1-8-6-9(2,3)11(12)10(4,5)7-8/h3-10H,1-2H3;8,12H,6-7H2,1-5H3/q+2;. The number of aryl methyl sites for hydroxylation is 2. The van der Waals surface area contributed by atoms with Gasteiger partial charge in [0.15, 0.2) is 24.8 Å². The maximum atomic E-state index is 9.92. The Kier molecular flexibility index (Phi) is 6.20. The highest BCUT2D eigenvalue weighted by Gasteiger charge is 2.43. The van der Waals surface area contributed by atoms with Gasteiger partial charge in [0.25, 0.3) is 0 Å². The fourth-order valence-corrected chi connectivity index (χ4v) is 4.16. The van der Waals surface area contributed by atoms with Gasteiger partial charge in [0.2, 0.25) is 0 Å². The molecule has 0 aromatic carbocycles. The van der Waals surface area contributed by atoms with E-state index in [0.717, 1.165) is 12.8 Å². The lowest BCUT2D eigenvalue weighted by atomic mass is 9.76. The van der Waals surface area contributed by atoms with E-state index in [0.29, 0.717) is 5.92 Å². The highest BCUT2D eigenvalue weighted by atomic mass is 16.5. The molecule has 1 aliphatic heterocycles. The van der Waals surface area contributed by atoms with Crippen LogP contribution >= 0.6 is 0 Å². The van der Waals surface area contributed by atoms with Crippen LogP contribution in [-0.2, 0) is 14.1 Å². The first-order valence-corrected chi connectivity index (χ1v) is 9.41. The summed E-state index contributed by atoms with van der Waals surface area (Å²) in [6, 6.07) is 8.48. The molecule has 0 atom stereocenters. The van der Waals surface area contributed by atoms with Crippen LogP contribution in [-0.4, -0.2) is 21.3 Å². The molecule has 4 nitrogen and oxygen atoms in total. The Morgan fingerprint density at radius 3 is 1.42 bits per heavy atom. The molecule has 2 aromatic heterocycles. The van der Waals surface area contributed by atoms with E-state index in [1.54, 1.807) is 0 Å². The average molecular weight is 358 g/mol. The van der Waals surface area contributed by atoms with Gasteiger partial charge in [-0.15, -0.1) is 0 Å². The fourth-order valence-electron chi connectivity index (χ4n) is 4.16. The minimum Gasteiger partial charge on any atom is -0.313 e. The first-order valence-electron chi connectivity index (χ1n) is 9.41. The number of hydroxylamine groups is 2. The summed E-state index contributed by atoms with van der Waals surface area (Å²) in [5.41, 5.74) is 2.37. The van der Waals surface area contributed by atoms with E-state index < -0.39 is 0 Å². The van der Waals surface area contributed by atoms with Gasteiger partial charge in [0, 0.05) is 35.3 Å². The number of hydrogen-bond acceptors (Lipinski definition) is 2. The summed E-state index contributed by atoms with van der Waals surface area (Å²) in [5, 5.41) is 11.4. The van der Waals surface area contributed by atoms with E-state index in [2.05, 4.69) is 83.7 Å². The van der Waals surface area contributed by atoms with Gasteiger partial charge in [-0.1, -0.05) is 6.92 Å². The molecular formula is C22H35N3O+2. The minimum atomic E-state index is -0.0683. The fraction of sp³-hybridized carbons (Fsp3) is 0.545. The third-order valence-electron chi connectivity index (χ3n) is 5.13. The van der Waals surface area contributed by atoms with Gasteiger partial charge >= 0.3 is 0 Å². The second kappa shape index (κ2) is 7.85. The van der Waals surface area contributed by atoms with Crippen LogP contribution in [0.15, 0.2) is 49.1 Å². The molecule has 0 spiro atoms. The predicted molar refractivity (Wildman–Crippen MR) is 104 cm³/mol. The van der Waals surface area contributed by atoms with Gasteiger partial charge in [0.1, 0.15) is 14.1 Å². The summed E-state index contributed by atoms with van der Waals surface area (Å²) in [6.07, 6.45) is 10.4. The number of rotatable bonds is 1. The maximum Gasteiger partial charge on any atom is 0.169 e. The zero-order valence-electron chi connectivity index (χ0n) is 17.4. The minimum absolute atomic E-state index is 0.0683. The second-order valence-corrected chi connectivity index (χ2v) is 8.95. The largest absolute Gasteiger partial charge is 0.313 e. The van der Waals surface area contributed by atoms with Crippen LogP contribution < -0.4 is 9.13 Å². The summed E-state index contributed by atoms with van der Waals surface area (Å²) >= 11 is 0. The Hall–Kier alpha value is -1.78. The SMILES string of the molecule is CC1CC(C)(C)N(O)C(C)(C)C1.C[n+]1ccc(-c2cc[n+](C)cc2)cc1. The Bertz CT molecular complexity index is 644. The molecule has 0 amide bonds. The second-order valence-electron chi connectivity index (χ2n) is 8.95. The van der Waals surface area contributed by atoms with Crippen LogP contribution in [0.1, 0.15) is 47.5 Å². The van der Waals surface area contributed by atoms with E-state index in [1.165, 1.54) is 16.2 Å². The summed E-state index contributed by atoms with van der Waals surface area (Å²) in [4.78, 5) is 0. The van der Waals surface area contributed by atoms with Crippen molar-refractivity contribution in [3.63, 3.8) is 0 Å². The number of nitrogens with zero attached hydrogens (tertiary/aromatic N) is 3. The zero-order valence-corrected chi connectivity index (χ0v) is 17.4.